The molecule has 20 heavy (non-hydrogen) atoms. The van der Waals surface area contributed by atoms with Gasteiger partial charge in [0.25, 0.3) is 5.91 Å². The average molecular weight is 304 g/mol. The second-order valence-corrected chi connectivity index (χ2v) is 7.49. The summed E-state index contributed by atoms with van der Waals surface area (Å²) in [7, 11) is 0. The van der Waals surface area contributed by atoms with Crippen molar-refractivity contribution in [3.05, 3.63) is 37.9 Å². The van der Waals surface area contributed by atoms with Gasteiger partial charge in [0.2, 0.25) is 0 Å². The maximum absolute atomic E-state index is 12.5. The molecule has 1 amide bonds. The minimum absolute atomic E-state index is 0.0740. The number of carbonyl (C=O) groups excluding carboxylic acids is 1. The van der Waals surface area contributed by atoms with E-state index in [1.807, 2.05) is 0 Å². The van der Waals surface area contributed by atoms with Crippen molar-refractivity contribution in [2.24, 2.45) is 0 Å². The zero-order chi connectivity index (χ0) is 13.7. The van der Waals surface area contributed by atoms with Crippen LogP contribution in [0.15, 0.2) is 11.4 Å². The molecule has 0 radical (unpaired) electrons. The molecule has 1 aliphatic heterocycles. The Kier molecular flexibility index (Phi) is 2.86. The van der Waals surface area contributed by atoms with Crippen molar-refractivity contribution in [2.75, 3.05) is 5.32 Å². The molecule has 0 aromatic carbocycles. The van der Waals surface area contributed by atoms with E-state index in [1.165, 1.54) is 33.7 Å². The van der Waals surface area contributed by atoms with Gasteiger partial charge in [-0.05, 0) is 55.2 Å². The summed E-state index contributed by atoms with van der Waals surface area (Å²) in [6.45, 7) is 2.09. The summed E-state index contributed by atoms with van der Waals surface area (Å²) >= 11 is 3.48. The Bertz CT molecular complexity index is 686. The number of aryl methyl sites for hydroxylation is 2. The zero-order valence-electron chi connectivity index (χ0n) is 11.3. The van der Waals surface area contributed by atoms with E-state index in [2.05, 4.69) is 29.0 Å². The van der Waals surface area contributed by atoms with Crippen LogP contribution < -0.4 is 10.6 Å². The third-order valence-electron chi connectivity index (χ3n) is 4.11. The number of amides is 1. The lowest BCUT2D eigenvalue weighted by molar-refractivity contribution is 0.0936. The molecule has 2 aromatic heterocycles. The fourth-order valence-corrected chi connectivity index (χ4v) is 5.33. The molecule has 1 atom stereocenters. The second-order valence-electron chi connectivity index (χ2n) is 5.43. The number of nitrogens with one attached hydrogen (secondary N) is 2. The molecule has 0 spiro atoms. The smallest absolute Gasteiger partial charge is 0.256 e. The Morgan fingerprint density at radius 1 is 1.25 bits per heavy atom. The summed E-state index contributed by atoms with van der Waals surface area (Å²) in [6.07, 6.45) is 4.57. The van der Waals surface area contributed by atoms with Gasteiger partial charge in [-0.2, -0.15) is 0 Å². The minimum atomic E-state index is -0.0740. The number of hydrogen-bond acceptors (Lipinski definition) is 4. The molecule has 0 fully saturated rings. The van der Waals surface area contributed by atoms with E-state index < -0.39 is 0 Å². The highest BCUT2D eigenvalue weighted by molar-refractivity contribution is 7.16. The normalized spacial score (nSPS) is 20.9. The first-order valence-corrected chi connectivity index (χ1v) is 8.69. The van der Waals surface area contributed by atoms with Gasteiger partial charge in [0, 0.05) is 9.75 Å². The van der Waals surface area contributed by atoms with Gasteiger partial charge in [0.15, 0.2) is 0 Å². The Morgan fingerprint density at radius 3 is 2.90 bits per heavy atom. The molecular formula is C15H16N2OS2. The fourth-order valence-electron chi connectivity index (χ4n) is 3.09. The molecule has 2 aliphatic rings. The summed E-state index contributed by atoms with van der Waals surface area (Å²) in [6, 6.07) is 2.10. The maximum Gasteiger partial charge on any atom is 0.256 e. The Balaban J connectivity index is 1.75. The van der Waals surface area contributed by atoms with E-state index in [4.69, 9.17) is 0 Å². The van der Waals surface area contributed by atoms with Gasteiger partial charge in [0.1, 0.15) is 11.2 Å². The van der Waals surface area contributed by atoms with Crippen molar-refractivity contribution < 1.29 is 4.79 Å². The second kappa shape index (κ2) is 4.60. The first-order chi connectivity index (χ1) is 9.74. The summed E-state index contributed by atoms with van der Waals surface area (Å²) in [5.74, 6) is 0.0935. The van der Waals surface area contributed by atoms with E-state index >= 15 is 0 Å². The lowest BCUT2D eigenvalue weighted by atomic mass is 9.94. The monoisotopic (exact) mass is 304 g/mol. The molecule has 1 aliphatic carbocycles. The van der Waals surface area contributed by atoms with Gasteiger partial charge < -0.3 is 10.6 Å². The van der Waals surface area contributed by atoms with Crippen LogP contribution in [-0.4, -0.2) is 5.91 Å². The van der Waals surface area contributed by atoms with Gasteiger partial charge >= 0.3 is 0 Å². The quantitative estimate of drug-likeness (QED) is 0.840. The van der Waals surface area contributed by atoms with Crippen LogP contribution in [-0.2, 0) is 12.8 Å². The van der Waals surface area contributed by atoms with E-state index in [1.54, 1.807) is 22.7 Å². The largest absolute Gasteiger partial charge is 0.352 e. The number of thiophene rings is 2. The Morgan fingerprint density at radius 2 is 2.10 bits per heavy atom. The molecule has 2 N–H and O–H groups in total. The molecule has 0 bridgehead atoms. The van der Waals surface area contributed by atoms with Crippen molar-refractivity contribution in [1.82, 2.24) is 5.32 Å². The third kappa shape index (κ3) is 1.80. The lowest BCUT2D eigenvalue weighted by Gasteiger charge is -2.26. The Labute approximate surface area is 126 Å². The predicted molar refractivity (Wildman–Crippen MR) is 83.8 cm³/mol. The van der Waals surface area contributed by atoms with Crippen LogP contribution >= 0.6 is 22.7 Å². The van der Waals surface area contributed by atoms with Crippen LogP contribution in [0.3, 0.4) is 0 Å². The van der Waals surface area contributed by atoms with E-state index in [0.29, 0.717) is 0 Å². The number of anilines is 1. The lowest BCUT2D eigenvalue weighted by Crippen LogP contribution is -2.38. The molecule has 0 unspecified atom stereocenters. The van der Waals surface area contributed by atoms with Crippen molar-refractivity contribution in [1.29, 1.82) is 0 Å². The highest BCUT2D eigenvalue weighted by Crippen LogP contribution is 2.42. The highest BCUT2D eigenvalue weighted by atomic mass is 32.1. The van der Waals surface area contributed by atoms with Crippen LogP contribution in [0.25, 0.3) is 0 Å². The predicted octanol–water partition coefficient (Wildman–Crippen LogP) is 3.85. The van der Waals surface area contributed by atoms with Crippen LogP contribution in [0.5, 0.6) is 0 Å². The van der Waals surface area contributed by atoms with Gasteiger partial charge in [-0.25, -0.2) is 0 Å². The first kappa shape index (κ1) is 12.4. The van der Waals surface area contributed by atoms with Crippen molar-refractivity contribution in [2.45, 2.75) is 38.8 Å². The first-order valence-electron chi connectivity index (χ1n) is 7.00. The molecule has 0 saturated heterocycles. The minimum Gasteiger partial charge on any atom is -0.352 e. The molecule has 104 valence electrons. The van der Waals surface area contributed by atoms with E-state index in [9.17, 15) is 4.79 Å². The number of carbonyl (C=O) groups is 1. The van der Waals surface area contributed by atoms with Gasteiger partial charge in [-0.15, -0.1) is 22.7 Å². The summed E-state index contributed by atoms with van der Waals surface area (Å²) in [5, 5.41) is 9.79. The van der Waals surface area contributed by atoms with E-state index in [-0.39, 0.29) is 12.1 Å². The molecule has 3 nitrogen and oxygen atoms in total. The zero-order valence-corrected chi connectivity index (χ0v) is 12.9. The van der Waals surface area contributed by atoms with E-state index in [0.717, 1.165) is 23.4 Å². The number of hydrogen-bond donors (Lipinski definition) is 2. The van der Waals surface area contributed by atoms with Crippen LogP contribution in [0.1, 0.15) is 50.2 Å². The molecule has 5 heteroatoms. The van der Waals surface area contributed by atoms with Crippen molar-refractivity contribution in [3.8, 4) is 0 Å². The maximum atomic E-state index is 12.5. The third-order valence-corrected chi connectivity index (χ3v) is 6.42. The van der Waals surface area contributed by atoms with Crippen LogP contribution in [0.4, 0.5) is 5.00 Å². The molecule has 0 saturated carbocycles. The molecule has 3 heterocycles. The van der Waals surface area contributed by atoms with Gasteiger partial charge in [-0.1, -0.05) is 0 Å². The molecule has 2 aromatic rings. The summed E-state index contributed by atoms with van der Waals surface area (Å²) in [5.41, 5.74) is 3.44. The van der Waals surface area contributed by atoms with Crippen molar-refractivity contribution >= 4 is 33.6 Å². The number of fused-ring (bicyclic) bond motifs is 3. The highest BCUT2D eigenvalue weighted by Gasteiger charge is 2.32. The van der Waals surface area contributed by atoms with Crippen LogP contribution in [0, 0.1) is 6.92 Å². The van der Waals surface area contributed by atoms with Crippen LogP contribution in [0.2, 0.25) is 0 Å². The van der Waals surface area contributed by atoms with Crippen molar-refractivity contribution in [3.63, 3.8) is 0 Å². The summed E-state index contributed by atoms with van der Waals surface area (Å²) in [4.78, 5) is 15.1. The summed E-state index contributed by atoms with van der Waals surface area (Å²) < 4.78 is 0. The van der Waals surface area contributed by atoms with Gasteiger partial charge in [-0.3, -0.25) is 4.79 Å². The number of rotatable bonds is 1. The Hall–Kier alpha value is -1.33. The average Bonchev–Trinajstić information content (AvgIpc) is 3.01. The molecule has 4 rings (SSSR count). The standard InChI is InChI=1S/C15H16N2OS2/c1-8-6-7-19-12(8)13-16-14(18)11-9-4-2-3-5-10(9)20-15(11)17-13/h6-7,13,17H,2-5H2,1H3,(H,16,18)/t13-/m0/s1. The van der Waals surface area contributed by atoms with Gasteiger partial charge in [0.05, 0.1) is 5.56 Å². The SMILES string of the molecule is Cc1ccsc1[C@H]1NC(=O)c2c(sc3c2CCCC3)N1. The molecular weight excluding hydrogens is 288 g/mol. The fraction of sp³-hybridized carbons (Fsp3) is 0.400. The topological polar surface area (TPSA) is 41.1 Å².